The molecule has 0 unspecified atom stereocenters. The van der Waals surface area contributed by atoms with Gasteiger partial charge in [0.2, 0.25) is 0 Å². The monoisotopic (exact) mass is 149 g/mol. The molecule has 0 saturated carbocycles. The average molecular weight is 149 g/mol. The van der Waals surface area contributed by atoms with Crippen molar-refractivity contribution in [1.82, 2.24) is 0 Å². The fourth-order valence-electron chi connectivity index (χ4n) is 1.03. The van der Waals surface area contributed by atoms with Crippen molar-refractivity contribution in [3.8, 4) is 0 Å². The second-order valence-corrected chi connectivity index (χ2v) is 3.85. The van der Waals surface area contributed by atoms with E-state index in [4.69, 9.17) is 0 Å². The molecule has 0 amide bonds. The molecule has 11 heavy (non-hydrogen) atoms. The van der Waals surface area contributed by atoms with Gasteiger partial charge in [0.15, 0.2) is 5.78 Å². The van der Waals surface area contributed by atoms with Crippen LogP contribution in [0.25, 0.3) is 0 Å². The van der Waals surface area contributed by atoms with E-state index in [1.54, 1.807) is 6.08 Å². The Labute approximate surface area is 67.8 Å². The Bertz CT molecular complexity index is 226. The number of rotatable bonds is 0. The lowest BCUT2D eigenvalue weighted by atomic mass is 9.82. The Kier molecular flexibility index (Phi) is 1.99. The summed E-state index contributed by atoms with van der Waals surface area (Å²) in [6.07, 6.45) is 6.89. The molecule has 1 nitrogen and oxygen atoms in total. The van der Waals surface area contributed by atoms with E-state index in [9.17, 15) is 4.79 Å². The van der Waals surface area contributed by atoms with Crippen LogP contribution < -0.4 is 0 Å². The van der Waals surface area contributed by atoms with Crippen molar-refractivity contribution in [1.29, 1.82) is 0 Å². The topological polar surface area (TPSA) is 17.1 Å². The number of hydrogen-bond acceptors (Lipinski definition) is 1. The minimum absolute atomic E-state index is 0.0948. The van der Waals surface area contributed by atoms with Crippen LogP contribution in [0.4, 0.5) is 0 Å². The van der Waals surface area contributed by atoms with E-state index in [1.807, 2.05) is 6.08 Å². The molecule has 0 atom stereocenters. The van der Waals surface area contributed by atoms with E-state index in [0.29, 0.717) is 6.42 Å². The van der Waals surface area contributed by atoms with Crippen molar-refractivity contribution in [2.45, 2.75) is 27.2 Å². The molecule has 0 aromatic rings. The summed E-state index contributed by atoms with van der Waals surface area (Å²) in [5, 5.41) is 0. The van der Waals surface area contributed by atoms with Gasteiger partial charge in [0.25, 0.3) is 0 Å². The highest BCUT2D eigenvalue weighted by molar-refractivity contribution is 5.89. The molecule has 0 bridgehead atoms. The van der Waals surface area contributed by atoms with Crippen LogP contribution in [-0.4, -0.2) is 5.78 Å². The maximum Gasteiger partial charge on any atom is 0.167 e. The summed E-state index contributed by atoms with van der Waals surface area (Å²) in [7, 11) is 0. The standard InChI is InChI=1S/C10H13O/c1-10(2,3)8-5-4-6-9(11)7-8/h4-5H,7H2,1-3H3. The van der Waals surface area contributed by atoms with Crippen LogP contribution >= 0.6 is 0 Å². The van der Waals surface area contributed by atoms with Gasteiger partial charge >= 0.3 is 0 Å². The second-order valence-electron chi connectivity index (χ2n) is 3.85. The fourth-order valence-corrected chi connectivity index (χ4v) is 1.03. The van der Waals surface area contributed by atoms with Crippen LogP contribution in [0.1, 0.15) is 27.2 Å². The van der Waals surface area contributed by atoms with Crippen LogP contribution in [0.5, 0.6) is 0 Å². The molecule has 0 heterocycles. The Morgan fingerprint density at radius 2 is 2.09 bits per heavy atom. The molecule has 0 fully saturated rings. The summed E-state index contributed by atoms with van der Waals surface area (Å²) in [4.78, 5) is 10.9. The summed E-state index contributed by atoms with van der Waals surface area (Å²) in [6, 6.07) is 0. The molecule has 0 N–H and O–H groups in total. The number of ketones is 1. The first-order valence-corrected chi connectivity index (χ1v) is 3.82. The van der Waals surface area contributed by atoms with Crippen LogP contribution in [0, 0.1) is 11.5 Å². The Balaban J connectivity index is 2.83. The lowest BCUT2D eigenvalue weighted by Crippen LogP contribution is -2.14. The van der Waals surface area contributed by atoms with Gasteiger partial charge in [0.05, 0.1) is 0 Å². The minimum atomic E-state index is 0.0948. The molecule has 59 valence electrons. The molecule has 0 saturated heterocycles. The zero-order valence-corrected chi connectivity index (χ0v) is 7.27. The summed E-state index contributed by atoms with van der Waals surface area (Å²) >= 11 is 0. The molecule has 1 rings (SSSR count). The minimum Gasteiger partial charge on any atom is -0.294 e. The van der Waals surface area contributed by atoms with Crippen LogP contribution in [-0.2, 0) is 4.79 Å². The van der Waals surface area contributed by atoms with Crippen LogP contribution in [0.2, 0.25) is 0 Å². The lowest BCUT2D eigenvalue weighted by Gasteiger charge is -2.23. The number of allylic oxidation sites excluding steroid dienone is 4. The molecule has 1 aliphatic carbocycles. The summed E-state index contributed by atoms with van der Waals surface area (Å²) in [5.41, 5.74) is 1.31. The first-order valence-electron chi connectivity index (χ1n) is 3.82. The lowest BCUT2D eigenvalue weighted by molar-refractivity contribution is -0.114. The van der Waals surface area contributed by atoms with Crippen LogP contribution in [0.15, 0.2) is 17.7 Å². The molecule has 0 spiro atoms. The maximum atomic E-state index is 10.9. The summed E-state index contributed by atoms with van der Waals surface area (Å²) in [5.74, 6) is 0.0948. The molecule has 0 aliphatic heterocycles. The largest absolute Gasteiger partial charge is 0.294 e. The van der Waals surface area contributed by atoms with E-state index in [2.05, 4.69) is 26.8 Å². The molecular formula is C10H13O. The van der Waals surface area contributed by atoms with Gasteiger partial charge < -0.3 is 0 Å². The van der Waals surface area contributed by atoms with Gasteiger partial charge in [-0.25, -0.2) is 0 Å². The fraction of sp³-hybridized carbons (Fsp3) is 0.500. The van der Waals surface area contributed by atoms with E-state index in [0.717, 1.165) is 0 Å². The highest BCUT2D eigenvalue weighted by Gasteiger charge is 2.19. The normalized spacial score (nSPS) is 18.5. The van der Waals surface area contributed by atoms with Crippen molar-refractivity contribution < 1.29 is 4.79 Å². The predicted octanol–water partition coefficient (Wildman–Crippen LogP) is 2.29. The predicted molar refractivity (Wildman–Crippen MR) is 45.0 cm³/mol. The Morgan fingerprint density at radius 1 is 1.45 bits per heavy atom. The second kappa shape index (κ2) is 2.65. The highest BCUT2D eigenvalue weighted by Crippen LogP contribution is 2.29. The van der Waals surface area contributed by atoms with Gasteiger partial charge in [0, 0.05) is 12.5 Å². The first kappa shape index (κ1) is 8.25. The molecular weight excluding hydrogens is 136 g/mol. The summed E-state index contributed by atoms with van der Waals surface area (Å²) in [6.45, 7) is 6.35. The van der Waals surface area contributed by atoms with Crippen molar-refractivity contribution in [2.75, 3.05) is 0 Å². The van der Waals surface area contributed by atoms with E-state index < -0.39 is 0 Å². The average Bonchev–Trinajstić information content (AvgIpc) is 1.86. The van der Waals surface area contributed by atoms with Gasteiger partial charge in [-0.15, -0.1) is 0 Å². The molecule has 1 radical (unpaired) electrons. The molecule has 1 aliphatic rings. The van der Waals surface area contributed by atoms with Gasteiger partial charge in [-0.05, 0) is 5.41 Å². The van der Waals surface area contributed by atoms with Crippen LogP contribution in [0.3, 0.4) is 0 Å². The third kappa shape index (κ3) is 2.04. The SMILES string of the molecule is CC(C)(C)C1=CC=[C]C(=O)C1. The molecule has 0 aromatic carbocycles. The van der Waals surface area contributed by atoms with Crippen molar-refractivity contribution >= 4 is 5.78 Å². The van der Waals surface area contributed by atoms with Gasteiger partial charge in [0.1, 0.15) is 0 Å². The Morgan fingerprint density at radius 3 is 2.45 bits per heavy atom. The van der Waals surface area contributed by atoms with Gasteiger partial charge in [-0.1, -0.05) is 38.5 Å². The zero-order valence-electron chi connectivity index (χ0n) is 7.27. The highest BCUT2D eigenvalue weighted by atomic mass is 16.1. The van der Waals surface area contributed by atoms with Crippen molar-refractivity contribution in [3.63, 3.8) is 0 Å². The molecule has 0 aromatic heterocycles. The summed E-state index contributed by atoms with van der Waals surface area (Å²) < 4.78 is 0. The first-order chi connectivity index (χ1) is 5.00. The quantitative estimate of drug-likeness (QED) is 0.516. The number of carbonyl (C=O) groups excluding carboxylic acids is 1. The van der Waals surface area contributed by atoms with Gasteiger partial charge in [-0.2, -0.15) is 0 Å². The number of hydrogen-bond donors (Lipinski definition) is 0. The zero-order chi connectivity index (χ0) is 8.48. The molecule has 1 heteroatoms. The maximum absolute atomic E-state index is 10.9. The van der Waals surface area contributed by atoms with E-state index >= 15 is 0 Å². The van der Waals surface area contributed by atoms with Crippen molar-refractivity contribution in [3.05, 3.63) is 23.8 Å². The van der Waals surface area contributed by atoms with Crippen molar-refractivity contribution in [2.24, 2.45) is 5.41 Å². The third-order valence-corrected chi connectivity index (χ3v) is 1.84. The van der Waals surface area contributed by atoms with E-state index in [-0.39, 0.29) is 11.2 Å². The number of Topliss-reactive ketones (excluding diaryl/α,β-unsaturated/α-hetero) is 1. The number of carbonyl (C=O) groups is 1. The van der Waals surface area contributed by atoms with Gasteiger partial charge in [-0.3, -0.25) is 4.79 Å². The van der Waals surface area contributed by atoms with E-state index in [1.165, 1.54) is 5.57 Å². The third-order valence-electron chi connectivity index (χ3n) is 1.84. The smallest absolute Gasteiger partial charge is 0.167 e. The Hall–Kier alpha value is -0.850.